The summed E-state index contributed by atoms with van der Waals surface area (Å²) in [6.45, 7) is 5.78. The lowest BCUT2D eigenvalue weighted by Crippen LogP contribution is -2.34. The van der Waals surface area contributed by atoms with Crippen LogP contribution in [0.15, 0.2) is 18.5 Å². The molecule has 4 heteroatoms. The second kappa shape index (κ2) is 5.85. The number of carbonyl (C=O) groups is 1. The second-order valence-corrected chi connectivity index (χ2v) is 4.68. The molecule has 0 aromatic carbocycles. The van der Waals surface area contributed by atoms with Crippen molar-refractivity contribution in [2.45, 2.75) is 39.2 Å². The van der Waals surface area contributed by atoms with Crippen LogP contribution in [0.5, 0.6) is 0 Å². The van der Waals surface area contributed by atoms with Crippen LogP contribution in [-0.2, 0) is 0 Å². The first-order valence-electron chi connectivity index (χ1n) is 6.76. The predicted octanol–water partition coefficient (Wildman–Crippen LogP) is 2.53. The molecule has 2 rings (SSSR count). The Balaban J connectivity index is 2.20. The zero-order valence-corrected chi connectivity index (χ0v) is 11.1. The molecule has 1 aliphatic rings. The summed E-state index contributed by atoms with van der Waals surface area (Å²) in [5, 5.41) is 3.23. The summed E-state index contributed by atoms with van der Waals surface area (Å²) < 4.78 is 0. The summed E-state index contributed by atoms with van der Waals surface area (Å²) in [7, 11) is 0. The van der Waals surface area contributed by atoms with Crippen LogP contribution >= 0.6 is 0 Å². The molecular weight excluding hydrogens is 226 g/mol. The zero-order valence-electron chi connectivity index (χ0n) is 11.1. The van der Waals surface area contributed by atoms with E-state index in [0.29, 0.717) is 11.6 Å². The molecular formula is C14H21N3O. The monoisotopic (exact) mass is 247 g/mol. The Morgan fingerprint density at radius 2 is 2.28 bits per heavy atom. The van der Waals surface area contributed by atoms with Crippen molar-refractivity contribution in [1.82, 2.24) is 9.88 Å². The number of rotatable bonds is 6. The number of nitrogens with zero attached hydrogens (tertiary/aromatic N) is 2. The number of hydrogen-bond donors (Lipinski definition) is 1. The Bertz CT molecular complexity index is 415. The molecule has 1 saturated carbocycles. The average Bonchev–Trinajstić information content (AvgIpc) is 3.20. The van der Waals surface area contributed by atoms with Crippen LogP contribution in [0.1, 0.15) is 43.5 Å². The number of hydrogen-bond acceptors (Lipinski definition) is 3. The van der Waals surface area contributed by atoms with Gasteiger partial charge in [0.2, 0.25) is 0 Å². The number of nitrogens with one attached hydrogen (secondary N) is 1. The van der Waals surface area contributed by atoms with Crippen LogP contribution in [0.2, 0.25) is 0 Å². The molecule has 0 spiro atoms. The van der Waals surface area contributed by atoms with Gasteiger partial charge >= 0.3 is 0 Å². The van der Waals surface area contributed by atoms with E-state index in [0.717, 1.165) is 38.0 Å². The van der Waals surface area contributed by atoms with E-state index in [9.17, 15) is 4.79 Å². The van der Waals surface area contributed by atoms with Crippen molar-refractivity contribution in [2.24, 2.45) is 0 Å². The molecule has 0 saturated heterocycles. The third kappa shape index (κ3) is 2.81. The highest BCUT2D eigenvalue weighted by atomic mass is 16.2. The highest BCUT2D eigenvalue weighted by Gasteiger charge is 2.33. The first-order chi connectivity index (χ1) is 8.77. The van der Waals surface area contributed by atoms with Gasteiger partial charge in [0.15, 0.2) is 0 Å². The van der Waals surface area contributed by atoms with Gasteiger partial charge in [-0.2, -0.15) is 0 Å². The van der Waals surface area contributed by atoms with Crippen LogP contribution in [0.4, 0.5) is 5.69 Å². The number of amides is 1. The van der Waals surface area contributed by atoms with E-state index >= 15 is 0 Å². The van der Waals surface area contributed by atoms with E-state index in [1.54, 1.807) is 12.4 Å². The van der Waals surface area contributed by atoms with Crippen LogP contribution in [0, 0.1) is 0 Å². The Morgan fingerprint density at radius 3 is 2.89 bits per heavy atom. The predicted molar refractivity (Wildman–Crippen MR) is 72.8 cm³/mol. The maximum Gasteiger partial charge on any atom is 0.257 e. The minimum absolute atomic E-state index is 0.114. The first kappa shape index (κ1) is 12.9. The smallest absolute Gasteiger partial charge is 0.257 e. The zero-order chi connectivity index (χ0) is 13.0. The lowest BCUT2D eigenvalue weighted by atomic mass is 10.2. The maximum absolute atomic E-state index is 12.6. The van der Waals surface area contributed by atoms with Gasteiger partial charge < -0.3 is 10.2 Å². The van der Waals surface area contributed by atoms with E-state index in [4.69, 9.17) is 0 Å². The highest BCUT2D eigenvalue weighted by Crippen LogP contribution is 2.29. The van der Waals surface area contributed by atoms with Crippen LogP contribution in [0.3, 0.4) is 0 Å². The number of pyridine rings is 1. The molecule has 4 nitrogen and oxygen atoms in total. The molecule has 0 radical (unpaired) electrons. The Kier molecular flexibility index (Phi) is 4.18. The minimum Gasteiger partial charge on any atom is -0.385 e. The summed E-state index contributed by atoms with van der Waals surface area (Å²) in [5.41, 5.74) is 1.58. The van der Waals surface area contributed by atoms with E-state index in [1.807, 2.05) is 17.9 Å². The standard InChI is InChI=1S/C14H21N3O/c1-3-9-17(11-5-6-11)14(18)12-10-15-8-7-13(12)16-4-2/h7-8,10-11H,3-6,9H2,1-2H3,(H,15,16). The Labute approximate surface area is 108 Å². The Morgan fingerprint density at radius 1 is 1.50 bits per heavy atom. The van der Waals surface area contributed by atoms with Gasteiger partial charge in [-0.25, -0.2) is 0 Å². The Hall–Kier alpha value is -1.58. The summed E-state index contributed by atoms with van der Waals surface area (Å²) in [5.74, 6) is 0.114. The van der Waals surface area contributed by atoms with Gasteiger partial charge in [0.25, 0.3) is 5.91 Å². The number of aromatic nitrogens is 1. The fraction of sp³-hybridized carbons (Fsp3) is 0.571. The van der Waals surface area contributed by atoms with E-state index in [-0.39, 0.29) is 5.91 Å². The number of carbonyl (C=O) groups excluding carboxylic acids is 1. The summed E-state index contributed by atoms with van der Waals surface area (Å²) >= 11 is 0. The first-order valence-corrected chi connectivity index (χ1v) is 6.76. The van der Waals surface area contributed by atoms with Crippen LogP contribution in [-0.4, -0.2) is 34.9 Å². The molecule has 0 atom stereocenters. The van der Waals surface area contributed by atoms with E-state index < -0.39 is 0 Å². The van der Waals surface area contributed by atoms with Gasteiger partial charge in [-0.15, -0.1) is 0 Å². The van der Waals surface area contributed by atoms with Gasteiger partial charge in [0.1, 0.15) is 0 Å². The third-order valence-electron chi connectivity index (χ3n) is 3.13. The van der Waals surface area contributed by atoms with Gasteiger partial charge in [-0.3, -0.25) is 9.78 Å². The van der Waals surface area contributed by atoms with Crippen LogP contribution in [0.25, 0.3) is 0 Å². The second-order valence-electron chi connectivity index (χ2n) is 4.68. The van der Waals surface area contributed by atoms with Gasteiger partial charge in [-0.05, 0) is 32.3 Å². The number of anilines is 1. The molecule has 0 bridgehead atoms. The van der Waals surface area contributed by atoms with Gasteiger partial charge in [0, 0.05) is 31.5 Å². The van der Waals surface area contributed by atoms with Crippen molar-refractivity contribution in [3.05, 3.63) is 24.0 Å². The fourth-order valence-corrected chi connectivity index (χ4v) is 2.14. The molecule has 0 aliphatic heterocycles. The van der Waals surface area contributed by atoms with Crippen molar-refractivity contribution in [3.63, 3.8) is 0 Å². The molecule has 1 aromatic heterocycles. The largest absolute Gasteiger partial charge is 0.385 e. The topological polar surface area (TPSA) is 45.2 Å². The van der Waals surface area contributed by atoms with E-state index in [2.05, 4.69) is 17.2 Å². The quantitative estimate of drug-likeness (QED) is 0.840. The van der Waals surface area contributed by atoms with Crippen molar-refractivity contribution >= 4 is 11.6 Å². The normalized spacial score (nSPS) is 14.3. The minimum atomic E-state index is 0.114. The van der Waals surface area contributed by atoms with Crippen LogP contribution < -0.4 is 5.32 Å². The molecule has 18 heavy (non-hydrogen) atoms. The summed E-state index contributed by atoms with van der Waals surface area (Å²) in [6, 6.07) is 2.32. The lowest BCUT2D eigenvalue weighted by molar-refractivity contribution is 0.0743. The SMILES string of the molecule is CCCN(C(=O)c1cnccc1NCC)C1CC1. The molecule has 0 unspecified atom stereocenters. The van der Waals surface area contributed by atoms with Crippen molar-refractivity contribution in [1.29, 1.82) is 0 Å². The fourth-order valence-electron chi connectivity index (χ4n) is 2.14. The molecule has 98 valence electrons. The molecule has 1 amide bonds. The lowest BCUT2D eigenvalue weighted by Gasteiger charge is -2.23. The van der Waals surface area contributed by atoms with Crippen molar-refractivity contribution in [3.8, 4) is 0 Å². The average molecular weight is 247 g/mol. The molecule has 1 heterocycles. The summed E-state index contributed by atoms with van der Waals surface area (Å²) in [4.78, 5) is 18.6. The van der Waals surface area contributed by atoms with Crippen molar-refractivity contribution < 1.29 is 4.79 Å². The summed E-state index contributed by atoms with van der Waals surface area (Å²) in [6.07, 6.45) is 6.67. The van der Waals surface area contributed by atoms with Crippen molar-refractivity contribution in [2.75, 3.05) is 18.4 Å². The molecule has 1 aromatic rings. The van der Waals surface area contributed by atoms with E-state index in [1.165, 1.54) is 0 Å². The molecule has 1 aliphatic carbocycles. The molecule has 1 N–H and O–H groups in total. The molecule has 1 fully saturated rings. The maximum atomic E-state index is 12.6. The third-order valence-corrected chi connectivity index (χ3v) is 3.13. The highest BCUT2D eigenvalue weighted by molar-refractivity contribution is 5.99. The van der Waals surface area contributed by atoms with Gasteiger partial charge in [0.05, 0.1) is 11.3 Å². The van der Waals surface area contributed by atoms with Gasteiger partial charge in [-0.1, -0.05) is 6.92 Å².